The van der Waals surface area contributed by atoms with Crippen LogP contribution in [0.1, 0.15) is 40.5 Å². The molecular formula is C15H22O4. The van der Waals surface area contributed by atoms with Crippen LogP contribution >= 0.6 is 0 Å². The van der Waals surface area contributed by atoms with Gasteiger partial charge in [0.25, 0.3) is 0 Å². The Morgan fingerprint density at radius 3 is 2.95 bits per heavy atom. The van der Waals surface area contributed by atoms with Crippen molar-refractivity contribution in [1.82, 2.24) is 0 Å². The number of esters is 1. The predicted octanol–water partition coefficient (Wildman–Crippen LogP) is 2.33. The lowest BCUT2D eigenvalue weighted by atomic mass is 9.77. The van der Waals surface area contributed by atoms with E-state index in [1.54, 1.807) is 13.8 Å². The van der Waals surface area contributed by atoms with Gasteiger partial charge in [-0.15, -0.1) is 0 Å². The predicted molar refractivity (Wildman–Crippen MR) is 71.3 cm³/mol. The summed E-state index contributed by atoms with van der Waals surface area (Å²) in [5, 5.41) is 10.6. The maximum Gasteiger partial charge on any atom is 0.347 e. The molecule has 0 amide bonds. The average molecular weight is 266 g/mol. The van der Waals surface area contributed by atoms with E-state index in [1.807, 2.05) is 6.92 Å². The zero-order valence-corrected chi connectivity index (χ0v) is 12.0. The third-order valence-corrected chi connectivity index (χ3v) is 4.04. The van der Waals surface area contributed by atoms with Crippen molar-refractivity contribution in [3.05, 3.63) is 23.0 Å². The molecule has 1 aliphatic carbocycles. The summed E-state index contributed by atoms with van der Waals surface area (Å²) in [5.74, 6) is 0.451. The second-order valence-corrected chi connectivity index (χ2v) is 5.46. The normalized spacial score (nSPS) is 34.3. The number of hydrogen-bond acceptors (Lipinski definition) is 4. The van der Waals surface area contributed by atoms with Crippen LogP contribution in [0.5, 0.6) is 0 Å². The molecule has 0 saturated heterocycles. The van der Waals surface area contributed by atoms with Gasteiger partial charge in [-0.1, -0.05) is 13.0 Å². The molecule has 0 aromatic carbocycles. The number of rotatable bonds is 2. The number of ether oxygens (including phenoxy) is 2. The molecule has 106 valence electrons. The SMILES string of the molecule is CCOC(=O)C1CCC2=C(O1)C(C)(O)C(C)=CC2C. The van der Waals surface area contributed by atoms with Gasteiger partial charge in [-0.3, -0.25) is 0 Å². The van der Waals surface area contributed by atoms with Crippen LogP contribution in [-0.4, -0.2) is 29.4 Å². The Labute approximate surface area is 114 Å². The molecule has 0 fully saturated rings. The van der Waals surface area contributed by atoms with Gasteiger partial charge in [0.1, 0.15) is 11.4 Å². The van der Waals surface area contributed by atoms with Gasteiger partial charge >= 0.3 is 5.97 Å². The Hall–Kier alpha value is -1.29. The molecule has 19 heavy (non-hydrogen) atoms. The largest absolute Gasteiger partial charge is 0.480 e. The third-order valence-electron chi connectivity index (χ3n) is 4.04. The van der Waals surface area contributed by atoms with E-state index in [-0.39, 0.29) is 11.9 Å². The van der Waals surface area contributed by atoms with E-state index in [2.05, 4.69) is 13.0 Å². The molecule has 1 heterocycles. The molecule has 0 saturated carbocycles. The summed E-state index contributed by atoms with van der Waals surface area (Å²) >= 11 is 0. The summed E-state index contributed by atoms with van der Waals surface area (Å²) in [7, 11) is 0. The van der Waals surface area contributed by atoms with Crippen molar-refractivity contribution in [3.63, 3.8) is 0 Å². The minimum absolute atomic E-state index is 0.248. The van der Waals surface area contributed by atoms with Gasteiger partial charge < -0.3 is 14.6 Å². The monoisotopic (exact) mass is 266 g/mol. The highest BCUT2D eigenvalue weighted by Gasteiger charge is 2.42. The standard InChI is InChI=1S/C15H22O4/c1-5-18-14(16)12-7-6-11-9(2)8-10(3)15(4,17)13(11)19-12/h8-9,12,17H,5-7H2,1-4H3. The first kappa shape index (κ1) is 14.1. The summed E-state index contributed by atoms with van der Waals surface area (Å²) in [5.41, 5.74) is 0.840. The van der Waals surface area contributed by atoms with E-state index in [9.17, 15) is 9.90 Å². The molecule has 3 unspecified atom stereocenters. The Morgan fingerprint density at radius 2 is 2.32 bits per heavy atom. The summed E-state index contributed by atoms with van der Waals surface area (Å²) < 4.78 is 10.8. The fourth-order valence-electron chi connectivity index (χ4n) is 2.76. The van der Waals surface area contributed by atoms with E-state index < -0.39 is 11.7 Å². The maximum atomic E-state index is 11.8. The fraction of sp³-hybridized carbons (Fsp3) is 0.667. The topological polar surface area (TPSA) is 55.8 Å². The average Bonchev–Trinajstić information content (AvgIpc) is 2.36. The van der Waals surface area contributed by atoms with Gasteiger partial charge in [0, 0.05) is 0 Å². The van der Waals surface area contributed by atoms with Crippen LogP contribution in [0.4, 0.5) is 0 Å². The van der Waals surface area contributed by atoms with Gasteiger partial charge in [0.05, 0.1) is 6.61 Å². The van der Waals surface area contributed by atoms with Crippen LogP contribution in [0, 0.1) is 5.92 Å². The van der Waals surface area contributed by atoms with Crippen molar-refractivity contribution in [3.8, 4) is 0 Å². The summed E-state index contributed by atoms with van der Waals surface area (Å²) in [4.78, 5) is 11.8. The van der Waals surface area contributed by atoms with Crippen molar-refractivity contribution in [2.45, 2.75) is 52.2 Å². The summed E-state index contributed by atoms with van der Waals surface area (Å²) in [6, 6.07) is 0. The molecule has 1 aliphatic heterocycles. The van der Waals surface area contributed by atoms with Crippen molar-refractivity contribution in [2.75, 3.05) is 6.61 Å². The van der Waals surface area contributed by atoms with Gasteiger partial charge in [-0.25, -0.2) is 4.79 Å². The van der Waals surface area contributed by atoms with E-state index >= 15 is 0 Å². The van der Waals surface area contributed by atoms with Crippen LogP contribution in [0.3, 0.4) is 0 Å². The summed E-state index contributed by atoms with van der Waals surface area (Å²) in [6.45, 7) is 7.81. The third kappa shape index (κ3) is 2.41. The fourth-order valence-corrected chi connectivity index (χ4v) is 2.76. The number of carbonyl (C=O) groups is 1. The van der Waals surface area contributed by atoms with E-state index in [1.165, 1.54) is 0 Å². The molecule has 0 aromatic rings. The number of allylic oxidation sites excluding steroid dienone is 2. The number of hydrogen-bond donors (Lipinski definition) is 1. The quantitative estimate of drug-likeness (QED) is 0.615. The van der Waals surface area contributed by atoms with Crippen LogP contribution in [0.2, 0.25) is 0 Å². The van der Waals surface area contributed by atoms with Gasteiger partial charge in [-0.2, -0.15) is 0 Å². The summed E-state index contributed by atoms with van der Waals surface area (Å²) in [6.07, 6.45) is 2.85. The first-order valence-electron chi connectivity index (χ1n) is 6.86. The van der Waals surface area contributed by atoms with Gasteiger partial charge in [0.2, 0.25) is 0 Å². The highest BCUT2D eigenvalue weighted by Crippen LogP contribution is 2.42. The smallest absolute Gasteiger partial charge is 0.347 e. The maximum absolute atomic E-state index is 11.8. The molecule has 4 heteroatoms. The first-order valence-corrected chi connectivity index (χ1v) is 6.86. The lowest BCUT2D eigenvalue weighted by molar-refractivity contribution is -0.157. The van der Waals surface area contributed by atoms with Crippen LogP contribution in [0.25, 0.3) is 0 Å². The molecule has 2 rings (SSSR count). The first-order chi connectivity index (χ1) is 8.87. The van der Waals surface area contributed by atoms with Crippen LogP contribution in [0.15, 0.2) is 23.0 Å². The molecule has 3 atom stereocenters. The second kappa shape index (κ2) is 5.00. The molecule has 2 aliphatic rings. The van der Waals surface area contributed by atoms with Crippen molar-refractivity contribution < 1.29 is 19.4 Å². The molecule has 0 radical (unpaired) electrons. The Morgan fingerprint density at radius 1 is 1.63 bits per heavy atom. The zero-order chi connectivity index (χ0) is 14.2. The molecule has 4 nitrogen and oxygen atoms in total. The van der Waals surface area contributed by atoms with Crippen molar-refractivity contribution >= 4 is 5.97 Å². The van der Waals surface area contributed by atoms with Crippen LogP contribution < -0.4 is 0 Å². The molecule has 0 spiro atoms. The number of carbonyl (C=O) groups excluding carboxylic acids is 1. The molecule has 0 aromatic heterocycles. The second-order valence-electron chi connectivity index (χ2n) is 5.46. The lowest BCUT2D eigenvalue weighted by Crippen LogP contribution is -2.41. The Kier molecular flexibility index (Phi) is 3.72. The van der Waals surface area contributed by atoms with E-state index in [0.29, 0.717) is 18.8 Å². The minimum Gasteiger partial charge on any atom is -0.480 e. The highest BCUT2D eigenvalue weighted by molar-refractivity contribution is 5.75. The zero-order valence-electron chi connectivity index (χ0n) is 12.0. The highest BCUT2D eigenvalue weighted by atomic mass is 16.6. The Bertz CT molecular complexity index is 445. The molecule has 0 bridgehead atoms. The van der Waals surface area contributed by atoms with Crippen molar-refractivity contribution in [1.29, 1.82) is 0 Å². The van der Waals surface area contributed by atoms with Crippen LogP contribution in [-0.2, 0) is 14.3 Å². The van der Waals surface area contributed by atoms with Crippen molar-refractivity contribution in [2.24, 2.45) is 5.92 Å². The minimum atomic E-state index is -1.12. The van der Waals surface area contributed by atoms with Gasteiger partial charge in [-0.05, 0) is 50.7 Å². The van der Waals surface area contributed by atoms with Gasteiger partial charge in [0.15, 0.2) is 6.10 Å². The number of aliphatic hydroxyl groups is 1. The molecule has 1 N–H and O–H groups in total. The van der Waals surface area contributed by atoms with E-state index in [4.69, 9.17) is 9.47 Å². The molecular weight excluding hydrogens is 244 g/mol. The lowest BCUT2D eigenvalue weighted by Gasteiger charge is -2.40. The van der Waals surface area contributed by atoms with E-state index in [0.717, 1.165) is 17.6 Å². The Balaban J connectivity index is 2.26.